The second-order valence-electron chi connectivity index (χ2n) is 4.86. The molecule has 106 valence electrons. The second kappa shape index (κ2) is 6.26. The number of nitrogens with two attached hydrogens (primary N) is 1. The molecular formula is C14H20ClNO3. The van der Waals surface area contributed by atoms with Gasteiger partial charge in [0, 0.05) is 0 Å². The van der Waals surface area contributed by atoms with Crippen molar-refractivity contribution in [3.8, 4) is 5.75 Å². The fourth-order valence-corrected chi connectivity index (χ4v) is 2.62. The van der Waals surface area contributed by atoms with E-state index >= 15 is 0 Å². The number of carbonyl (C=O) groups excluding carboxylic acids is 1. The number of carbonyl (C=O) groups is 1. The monoisotopic (exact) mass is 285 g/mol. The molecule has 1 aliphatic carbocycles. The van der Waals surface area contributed by atoms with Crippen LogP contribution in [0.5, 0.6) is 5.75 Å². The maximum atomic E-state index is 11.6. The van der Waals surface area contributed by atoms with Gasteiger partial charge in [0.15, 0.2) is 0 Å². The maximum Gasteiger partial charge on any atom is 0.325 e. The molecule has 0 spiro atoms. The molecule has 0 radical (unpaired) electrons. The van der Waals surface area contributed by atoms with Crippen molar-refractivity contribution in [1.29, 1.82) is 0 Å². The van der Waals surface area contributed by atoms with Crippen molar-refractivity contribution in [1.82, 2.24) is 0 Å². The molecule has 0 unspecified atom stereocenters. The van der Waals surface area contributed by atoms with Crippen LogP contribution in [0, 0.1) is 0 Å². The van der Waals surface area contributed by atoms with E-state index in [0.717, 1.165) is 12.2 Å². The number of methoxy groups -OCH3 is 2. The Morgan fingerprint density at radius 3 is 2.47 bits per heavy atom. The van der Waals surface area contributed by atoms with Crippen LogP contribution < -0.4 is 10.5 Å². The third-order valence-electron chi connectivity index (χ3n) is 3.73. The van der Waals surface area contributed by atoms with E-state index in [1.54, 1.807) is 7.11 Å². The Hall–Kier alpha value is -1.26. The van der Waals surface area contributed by atoms with Crippen LogP contribution in [-0.4, -0.2) is 25.7 Å². The minimum Gasteiger partial charge on any atom is -0.497 e. The van der Waals surface area contributed by atoms with E-state index in [1.807, 2.05) is 24.3 Å². The summed E-state index contributed by atoms with van der Waals surface area (Å²) in [7, 11) is 3.03. The van der Waals surface area contributed by atoms with Crippen LogP contribution >= 0.6 is 12.4 Å². The number of hydrogen-bond acceptors (Lipinski definition) is 4. The van der Waals surface area contributed by atoms with E-state index < -0.39 is 5.54 Å². The standard InChI is InChI=1S/C14H19NO3.ClH/c1-17-12-5-3-10(4-6-12)11-7-8-14(15,9-11)13(16)18-2;/h3-6,11H,7-9,15H2,1-2H3;1H/t11-,14-;/m1./s1. The topological polar surface area (TPSA) is 61.5 Å². The van der Waals surface area contributed by atoms with Crippen LogP contribution in [0.3, 0.4) is 0 Å². The largest absolute Gasteiger partial charge is 0.497 e. The first kappa shape index (κ1) is 15.8. The van der Waals surface area contributed by atoms with Gasteiger partial charge in [-0.3, -0.25) is 4.79 Å². The molecule has 1 fully saturated rings. The number of esters is 1. The molecule has 1 saturated carbocycles. The van der Waals surface area contributed by atoms with E-state index in [0.29, 0.717) is 18.8 Å². The van der Waals surface area contributed by atoms with Crippen LogP contribution in [0.1, 0.15) is 30.7 Å². The lowest BCUT2D eigenvalue weighted by Crippen LogP contribution is -2.46. The van der Waals surface area contributed by atoms with E-state index in [1.165, 1.54) is 12.7 Å². The molecule has 1 aromatic carbocycles. The summed E-state index contributed by atoms with van der Waals surface area (Å²) < 4.78 is 9.90. The van der Waals surface area contributed by atoms with Gasteiger partial charge in [-0.25, -0.2) is 0 Å². The van der Waals surface area contributed by atoms with Gasteiger partial charge < -0.3 is 15.2 Å². The molecule has 4 nitrogen and oxygen atoms in total. The molecule has 1 aromatic rings. The van der Waals surface area contributed by atoms with Gasteiger partial charge in [-0.2, -0.15) is 0 Å². The van der Waals surface area contributed by atoms with Crippen LogP contribution in [0.25, 0.3) is 0 Å². The molecule has 1 aliphatic rings. The van der Waals surface area contributed by atoms with Gasteiger partial charge in [0.2, 0.25) is 0 Å². The first-order valence-electron chi connectivity index (χ1n) is 6.10. The van der Waals surface area contributed by atoms with E-state index in [4.69, 9.17) is 15.2 Å². The Morgan fingerprint density at radius 2 is 1.95 bits per heavy atom. The van der Waals surface area contributed by atoms with Gasteiger partial charge in [0.25, 0.3) is 0 Å². The number of hydrogen-bond donors (Lipinski definition) is 1. The Kier molecular flexibility index (Phi) is 5.20. The maximum absolute atomic E-state index is 11.6. The summed E-state index contributed by atoms with van der Waals surface area (Å²) in [6, 6.07) is 7.94. The van der Waals surface area contributed by atoms with Crippen molar-refractivity contribution in [3.63, 3.8) is 0 Å². The van der Waals surface area contributed by atoms with Crippen molar-refractivity contribution in [2.24, 2.45) is 5.73 Å². The third kappa shape index (κ3) is 3.19. The normalized spacial score (nSPS) is 25.5. The predicted molar refractivity (Wildman–Crippen MR) is 75.8 cm³/mol. The zero-order valence-corrected chi connectivity index (χ0v) is 12.0. The molecular weight excluding hydrogens is 266 g/mol. The van der Waals surface area contributed by atoms with Gasteiger partial charge in [-0.1, -0.05) is 12.1 Å². The van der Waals surface area contributed by atoms with Crippen molar-refractivity contribution in [2.75, 3.05) is 14.2 Å². The Bertz CT molecular complexity index is 435. The molecule has 2 N–H and O–H groups in total. The molecule has 19 heavy (non-hydrogen) atoms. The number of ether oxygens (including phenoxy) is 2. The molecule has 0 amide bonds. The SMILES string of the molecule is COC(=O)[C@@]1(N)CC[C@@H](c2ccc(OC)cc2)C1.Cl. The van der Waals surface area contributed by atoms with Crippen molar-refractivity contribution >= 4 is 18.4 Å². The smallest absolute Gasteiger partial charge is 0.325 e. The van der Waals surface area contributed by atoms with Gasteiger partial charge in [0.1, 0.15) is 11.3 Å². The molecule has 2 atom stereocenters. The lowest BCUT2D eigenvalue weighted by Gasteiger charge is -2.20. The number of benzene rings is 1. The minimum atomic E-state index is -0.820. The van der Waals surface area contributed by atoms with Crippen molar-refractivity contribution in [2.45, 2.75) is 30.7 Å². The third-order valence-corrected chi connectivity index (χ3v) is 3.73. The molecule has 2 rings (SSSR count). The average molecular weight is 286 g/mol. The summed E-state index contributed by atoms with van der Waals surface area (Å²) in [6.45, 7) is 0. The van der Waals surface area contributed by atoms with Gasteiger partial charge in [0.05, 0.1) is 14.2 Å². The molecule has 0 saturated heterocycles. The second-order valence-corrected chi connectivity index (χ2v) is 4.86. The highest BCUT2D eigenvalue weighted by Crippen LogP contribution is 2.40. The van der Waals surface area contributed by atoms with E-state index in [-0.39, 0.29) is 18.4 Å². The highest BCUT2D eigenvalue weighted by atomic mass is 35.5. The molecule has 0 bridgehead atoms. The minimum absolute atomic E-state index is 0. The highest BCUT2D eigenvalue weighted by molar-refractivity contribution is 5.85. The summed E-state index contributed by atoms with van der Waals surface area (Å²) in [5.41, 5.74) is 6.48. The molecule has 0 aliphatic heterocycles. The van der Waals surface area contributed by atoms with E-state index in [2.05, 4.69) is 0 Å². The number of rotatable bonds is 3. The Morgan fingerprint density at radius 1 is 1.32 bits per heavy atom. The summed E-state index contributed by atoms with van der Waals surface area (Å²) in [5.74, 6) is 0.849. The first-order chi connectivity index (χ1) is 8.59. The fourth-order valence-electron chi connectivity index (χ4n) is 2.62. The highest BCUT2D eigenvalue weighted by Gasteiger charge is 2.43. The number of halogens is 1. The lowest BCUT2D eigenvalue weighted by atomic mass is 9.93. The van der Waals surface area contributed by atoms with E-state index in [9.17, 15) is 4.79 Å². The van der Waals surface area contributed by atoms with Crippen LogP contribution in [0.2, 0.25) is 0 Å². The van der Waals surface area contributed by atoms with Crippen molar-refractivity contribution in [3.05, 3.63) is 29.8 Å². The van der Waals surface area contributed by atoms with Crippen LogP contribution in [-0.2, 0) is 9.53 Å². The summed E-state index contributed by atoms with van der Waals surface area (Å²) in [6.07, 6.45) is 2.24. The Labute approximate surface area is 119 Å². The molecule has 5 heteroatoms. The summed E-state index contributed by atoms with van der Waals surface area (Å²) in [5, 5.41) is 0. The lowest BCUT2D eigenvalue weighted by molar-refractivity contribution is -0.146. The van der Waals surface area contributed by atoms with Crippen LogP contribution in [0.4, 0.5) is 0 Å². The molecule has 0 aromatic heterocycles. The van der Waals surface area contributed by atoms with Gasteiger partial charge >= 0.3 is 5.97 Å². The Balaban J connectivity index is 0.00000180. The predicted octanol–water partition coefficient (Wildman–Crippen LogP) is 2.26. The zero-order chi connectivity index (χ0) is 13.2. The van der Waals surface area contributed by atoms with Crippen LogP contribution in [0.15, 0.2) is 24.3 Å². The summed E-state index contributed by atoms with van der Waals surface area (Å²) in [4.78, 5) is 11.6. The van der Waals surface area contributed by atoms with Gasteiger partial charge in [-0.15, -0.1) is 12.4 Å². The first-order valence-corrected chi connectivity index (χ1v) is 6.10. The van der Waals surface area contributed by atoms with Crippen molar-refractivity contribution < 1.29 is 14.3 Å². The van der Waals surface area contributed by atoms with Gasteiger partial charge in [-0.05, 0) is 42.9 Å². The fraction of sp³-hybridized carbons (Fsp3) is 0.500. The molecule has 0 heterocycles. The zero-order valence-electron chi connectivity index (χ0n) is 11.2. The summed E-state index contributed by atoms with van der Waals surface area (Å²) >= 11 is 0. The quantitative estimate of drug-likeness (QED) is 0.866. The average Bonchev–Trinajstić information content (AvgIpc) is 2.82.